The van der Waals surface area contributed by atoms with Crippen LogP contribution in [0.4, 0.5) is 0 Å². The van der Waals surface area contributed by atoms with Crippen molar-refractivity contribution >= 4 is 34.3 Å². The number of hydrogen-bond donors (Lipinski definition) is 3. The van der Waals surface area contributed by atoms with Crippen LogP contribution in [0.15, 0.2) is 46.6 Å². The molecule has 32 heavy (non-hydrogen) atoms. The van der Waals surface area contributed by atoms with Gasteiger partial charge in [0.15, 0.2) is 12.2 Å². The Kier molecular flexibility index (Phi) is 5.32. The largest absolute Gasteiger partial charge is 0.370 e. The van der Waals surface area contributed by atoms with E-state index in [1.165, 1.54) is 0 Å². The number of nitrogens with two attached hydrogens (primary N) is 2. The van der Waals surface area contributed by atoms with Gasteiger partial charge in [-0.2, -0.15) is 5.10 Å². The molecule has 2 aliphatic heterocycles. The van der Waals surface area contributed by atoms with Gasteiger partial charge in [0.1, 0.15) is 5.84 Å². The smallest absolute Gasteiger partial charge is 0.213 e. The first-order valence-electron chi connectivity index (χ1n) is 10.6. The number of rotatable bonds is 4. The number of pyridine rings is 1. The molecule has 2 unspecified atom stereocenters. The molecule has 5 N–H and O–H groups in total. The minimum absolute atomic E-state index is 0.0623. The van der Waals surface area contributed by atoms with Gasteiger partial charge in [0.2, 0.25) is 5.79 Å². The number of amidine groups is 1. The molecule has 0 spiro atoms. The second-order valence-electron chi connectivity index (χ2n) is 8.26. The SMILES string of the molecule is Cc1cnc(CC2(N)N=C(N)NC(c3ccc4cnn(C5CCCCO5)c4c3)=N2)c(Cl)c1. The lowest BCUT2D eigenvalue weighted by atomic mass is 10.1. The van der Waals surface area contributed by atoms with Crippen LogP contribution < -0.4 is 16.8 Å². The van der Waals surface area contributed by atoms with Crippen molar-refractivity contribution in [1.82, 2.24) is 20.1 Å². The van der Waals surface area contributed by atoms with Crippen LogP contribution in [-0.2, 0) is 11.2 Å². The summed E-state index contributed by atoms with van der Waals surface area (Å²) in [4.78, 5) is 13.4. The molecular weight excluding hydrogens is 428 g/mol. The number of aromatic nitrogens is 3. The molecule has 10 heteroatoms. The van der Waals surface area contributed by atoms with Crippen molar-refractivity contribution in [3.05, 3.63) is 58.5 Å². The van der Waals surface area contributed by atoms with E-state index < -0.39 is 5.79 Å². The first-order chi connectivity index (χ1) is 15.4. The molecule has 0 saturated carbocycles. The van der Waals surface area contributed by atoms with Crippen molar-refractivity contribution in [3.63, 3.8) is 0 Å². The summed E-state index contributed by atoms with van der Waals surface area (Å²) in [6.07, 6.45) is 6.89. The van der Waals surface area contributed by atoms with E-state index in [0.29, 0.717) is 16.6 Å². The first kappa shape index (κ1) is 20.9. The third-order valence-electron chi connectivity index (χ3n) is 5.65. The van der Waals surface area contributed by atoms with Gasteiger partial charge in [-0.3, -0.25) is 10.7 Å². The van der Waals surface area contributed by atoms with E-state index in [1.54, 1.807) is 6.20 Å². The molecule has 2 aliphatic rings. The normalized spacial score (nSPS) is 23.5. The number of ether oxygens (including phenoxy) is 1. The maximum Gasteiger partial charge on any atom is 0.213 e. The van der Waals surface area contributed by atoms with Crippen molar-refractivity contribution in [3.8, 4) is 0 Å². The quantitative estimate of drug-likeness (QED) is 0.558. The number of nitrogens with one attached hydrogen (secondary N) is 1. The van der Waals surface area contributed by atoms with Gasteiger partial charge in [0.25, 0.3) is 0 Å². The topological polar surface area (TPSA) is 129 Å². The highest BCUT2D eigenvalue weighted by Crippen LogP contribution is 2.28. The lowest BCUT2D eigenvalue weighted by Crippen LogP contribution is -2.51. The average molecular weight is 453 g/mol. The molecule has 1 saturated heterocycles. The van der Waals surface area contributed by atoms with Crippen molar-refractivity contribution in [2.24, 2.45) is 21.5 Å². The molecule has 4 heterocycles. The van der Waals surface area contributed by atoms with Crippen LogP contribution in [0.5, 0.6) is 0 Å². The highest BCUT2D eigenvalue weighted by Gasteiger charge is 2.31. The number of guanidine groups is 1. The molecule has 5 rings (SSSR count). The lowest BCUT2D eigenvalue weighted by molar-refractivity contribution is -0.0366. The molecule has 2 atom stereocenters. The second-order valence-corrected chi connectivity index (χ2v) is 8.67. The highest BCUT2D eigenvalue weighted by molar-refractivity contribution is 6.31. The molecule has 0 bridgehead atoms. The first-order valence-corrected chi connectivity index (χ1v) is 11.0. The van der Waals surface area contributed by atoms with Gasteiger partial charge in [-0.25, -0.2) is 14.7 Å². The Morgan fingerprint density at radius 1 is 1.25 bits per heavy atom. The predicted molar refractivity (Wildman–Crippen MR) is 124 cm³/mol. The van der Waals surface area contributed by atoms with Gasteiger partial charge in [-0.05, 0) is 43.9 Å². The number of aliphatic imine (C=N–C) groups is 2. The number of aryl methyl sites for hydroxylation is 1. The Morgan fingerprint density at radius 2 is 2.12 bits per heavy atom. The summed E-state index contributed by atoms with van der Waals surface area (Å²) in [7, 11) is 0. The molecule has 0 aliphatic carbocycles. The summed E-state index contributed by atoms with van der Waals surface area (Å²) in [5.74, 6) is -0.606. The number of benzene rings is 1. The second kappa shape index (κ2) is 8.16. The minimum Gasteiger partial charge on any atom is -0.370 e. The summed E-state index contributed by atoms with van der Waals surface area (Å²) >= 11 is 6.36. The Labute approximate surface area is 190 Å². The Bertz CT molecular complexity index is 1230. The molecule has 1 fully saturated rings. The van der Waals surface area contributed by atoms with E-state index >= 15 is 0 Å². The maximum atomic E-state index is 6.52. The van der Waals surface area contributed by atoms with Gasteiger partial charge in [0, 0.05) is 23.8 Å². The van der Waals surface area contributed by atoms with Crippen molar-refractivity contribution in [2.45, 2.75) is 44.6 Å². The lowest BCUT2D eigenvalue weighted by Gasteiger charge is -2.27. The fraction of sp³-hybridized carbons (Fsp3) is 0.364. The van der Waals surface area contributed by atoms with Crippen LogP contribution in [0.3, 0.4) is 0 Å². The minimum atomic E-state index is -1.32. The number of hydrogen-bond acceptors (Lipinski definition) is 8. The monoisotopic (exact) mass is 452 g/mol. The van der Waals surface area contributed by atoms with Crippen LogP contribution in [-0.4, -0.2) is 39.0 Å². The molecule has 9 nitrogen and oxygen atoms in total. The van der Waals surface area contributed by atoms with Crippen molar-refractivity contribution in [2.75, 3.05) is 6.61 Å². The van der Waals surface area contributed by atoms with E-state index in [-0.39, 0.29) is 18.6 Å². The van der Waals surface area contributed by atoms with Crippen molar-refractivity contribution in [1.29, 1.82) is 0 Å². The van der Waals surface area contributed by atoms with Crippen LogP contribution in [0, 0.1) is 6.92 Å². The molecule has 166 valence electrons. The number of halogens is 1. The highest BCUT2D eigenvalue weighted by atomic mass is 35.5. The maximum absolute atomic E-state index is 6.52. The molecule has 0 amide bonds. The predicted octanol–water partition coefficient (Wildman–Crippen LogP) is 2.61. The third-order valence-corrected chi connectivity index (χ3v) is 5.98. The summed E-state index contributed by atoms with van der Waals surface area (Å²) in [5, 5.41) is 9.14. The van der Waals surface area contributed by atoms with Gasteiger partial charge in [0.05, 0.1) is 28.9 Å². The van der Waals surface area contributed by atoms with Crippen LogP contribution in [0.25, 0.3) is 10.9 Å². The van der Waals surface area contributed by atoms with Gasteiger partial charge < -0.3 is 15.8 Å². The zero-order valence-corrected chi connectivity index (χ0v) is 18.5. The molecule has 0 radical (unpaired) electrons. The third kappa shape index (κ3) is 4.06. The zero-order valence-electron chi connectivity index (χ0n) is 17.8. The Morgan fingerprint density at radius 3 is 2.91 bits per heavy atom. The van der Waals surface area contributed by atoms with Gasteiger partial charge in [-0.15, -0.1) is 0 Å². The van der Waals surface area contributed by atoms with Crippen molar-refractivity contribution < 1.29 is 4.74 Å². The fourth-order valence-corrected chi connectivity index (χ4v) is 4.38. The van der Waals surface area contributed by atoms with E-state index in [0.717, 1.165) is 47.9 Å². The van der Waals surface area contributed by atoms with Crippen LogP contribution in [0.2, 0.25) is 5.02 Å². The van der Waals surface area contributed by atoms with Gasteiger partial charge >= 0.3 is 0 Å². The zero-order chi connectivity index (χ0) is 22.3. The van der Waals surface area contributed by atoms with E-state index in [4.69, 9.17) is 27.8 Å². The van der Waals surface area contributed by atoms with Crippen LogP contribution >= 0.6 is 11.6 Å². The molecule has 1 aromatic carbocycles. The Hall–Kier alpha value is -3.01. The molecule has 2 aromatic heterocycles. The van der Waals surface area contributed by atoms with E-state index in [1.807, 2.05) is 42.1 Å². The van der Waals surface area contributed by atoms with E-state index in [9.17, 15) is 0 Å². The average Bonchev–Trinajstić information content (AvgIpc) is 3.19. The number of fused-ring (bicyclic) bond motifs is 1. The standard InChI is InChI=1S/C22H25ClN8O/c1-13-8-16(23)17(26-11-13)10-22(25)29-20(28-21(24)30-22)14-5-6-15-12-27-31(18(15)9-14)19-4-2-3-7-32-19/h5-6,8-9,11-12,19H,2-4,7,10,25H2,1H3,(H3,24,28,29,30). The summed E-state index contributed by atoms with van der Waals surface area (Å²) in [5.41, 5.74) is 16.0. The van der Waals surface area contributed by atoms with Gasteiger partial charge in [-0.1, -0.05) is 23.7 Å². The fourth-order valence-electron chi connectivity index (χ4n) is 4.09. The van der Waals surface area contributed by atoms with Crippen LogP contribution in [0.1, 0.15) is 42.3 Å². The summed E-state index contributed by atoms with van der Waals surface area (Å²) in [6, 6.07) is 7.81. The molecular formula is C22H25ClN8O. The Balaban J connectivity index is 1.49. The van der Waals surface area contributed by atoms with E-state index in [2.05, 4.69) is 25.4 Å². The summed E-state index contributed by atoms with van der Waals surface area (Å²) < 4.78 is 7.86. The molecule has 3 aromatic rings. The number of nitrogens with zero attached hydrogens (tertiary/aromatic N) is 5. The summed E-state index contributed by atoms with van der Waals surface area (Å²) in [6.45, 7) is 2.68.